The molecule has 1 aromatic carbocycles. The van der Waals surface area contributed by atoms with Crippen molar-refractivity contribution in [1.82, 2.24) is 15.0 Å². The van der Waals surface area contributed by atoms with E-state index in [9.17, 15) is 4.79 Å². The summed E-state index contributed by atoms with van der Waals surface area (Å²) in [5, 5.41) is 2.86. The van der Waals surface area contributed by atoms with Crippen LogP contribution >= 0.6 is 0 Å². The molecule has 1 N–H and O–H groups in total. The minimum Gasteiger partial charge on any atom is -0.310 e. The van der Waals surface area contributed by atoms with E-state index < -0.39 is 0 Å². The van der Waals surface area contributed by atoms with Crippen molar-refractivity contribution in [2.45, 2.75) is 20.3 Å². The van der Waals surface area contributed by atoms with Crippen molar-refractivity contribution in [1.29, 1.82) is 0 Å². The van der Waals surface area contributed by atoms with Gasteiger partial charge in [-0.1, -0.05) is 36.4 Å². The third-order valence-electron chi connectivity index (χ3n) is 4.81. The molecule has 0 aliphatic heterocycles. The van der Waals surface area contributed by atoms with Gasteiger partial charge in [-0.25, -0.2) is 4.98 Å². The minimum absolute atomic E-state index is 0.122. The highest BCUT2D eigenvalue weighted by Crippen LogP contribution is 2.22. The maximum Gasteiger partial charge on any atom is 0.230 e. The molecule has 0 unspecified atom stereocenters. The molecule has 148 valence electrons. The van der Waals surface area contributed by atoms with Gasteiger partial charge in [0.2, 0.25) is 5.91 Å². The highest BCUT2D eigenvalue weighted by molar-refractivity contribution is 5.91. The van der Waals surface area contributed by atoms with Crippen molar-refractivity contribution in [2.75, 3.05) is 5.32 Å². The lowest BCUT2D eigenvalue weighted by Crippen LogP contribution is -2.15. The van der Waals surface area contributed by atoms with Gasteiger partial charge in [-0.2, -0.15) is 0 Å². The van der Waals surface area contributed by atoms with E-state index in [-0.39, 0.29) is 12.3 Å². The second-order valence-corrected chi connectivity index (χ2v) is 7.22. The predicted octanol–water partition coefficient (Wildman–Crippen LogP) is 5.00. The fourth-order valence-corrected chi connectivity index (χ4v) is 3.37. The molecular formula is C25H22N4O. The number of pyridine rings is 3. The second-order valence-electron chi connectivity index (χ2n) is 7.22. The van der Waals surface area contributed by atoms with E-state index in [0.29, 0.717) is 5.82 Å². The summed E-state index contributed by atoms with van der Waals surface area (Å²) in [6, 6.07) is 19.7. The number of amides is 1. The Hall–Kier alpha value is -3.86. The van der Waals surface area contributed by atoms with Crippen LogP contribution in [0.15, 0.2) is 79.3 Å². The van der Waals surface area contributed by atoms with Gasteiger partial charge in [-0.15, -0.1) is 0 Å². The van der Waals surface area contributed by atoms with E-state index in [1.54, 1.807) is 18.6 Å². The molecule has 0 aliphatic rings. The summed E-state index contributed by atoms with van der Waals surface area (Å²) in [6.45, 7) is 3.96. The molecule has 30 heavy (non-hydrogen) atoms. The van der Waals surface area contributed by atoms with Crippen molar-refractivity contribution in [3.05, 3.63) is 96.1 Å². The van der Waals surface area contributed by atoms with Crippen molar-refractivity contribution in [3.8, 4) is 22.4 Å². The van der Waals surface area contributed by atoms with Gasteiger partial charge in [0.15, 0.2) is 0 Å². The van der Waals surface area contributed by atoms with Gasteiger partial charge in [0, 0.05) is 35.4 Å². The van der Waals surface area contributed by atoms with Gasteiger partial charge in [-0.3, -0.25) is 14.8 Å². The molecule has 5 heteroatoms. The third kappa shape index (κ3) is 4.58. The monoisotopic (exact) mass is 394 g/mol. The molecule has 0 radical (unpaired) electrons. The van der Waals surface area contributed by atoms with E-state index >= 15 is 0 Å². The Labute approximate surface area is 175 Å². The zero-order valence-electron chi connectivity index (χ0n) is 17.0. The smallest absolute Gasteiger partial charge is 0.230 e. The number of rotatable bonds is 5. The number of carbonyl (C=O) groups excluding carboxylic acids is 1. The van der Waals surface area contributed by atoms with Gasteiger partial charge in [-0.05, 0) is 54.8 Å². The SMILES string of the molecule is Cc1cc(-c2ncc(CC(=O)Nc3ccc(-c4ccccc4)cn3)cc2C)ccn1. The van der Waals surface area contributed by atoms with E-state index in [0.717, 1.165) is 39.2 Å². The molecule has 5 nitrogen and oxygen atoms in total. The molecule has 4 rings (SSSR count). The second kappa shape index (κ2) is 8.66. The lowest BCUT2D eigenvalue weighted by Gasteiger charge is -2.09. The van der Waals surface area contributed by atoms with E-state index in [1.807, 2.05) is 74.5 Å². The molecule has 1 amide bonds. The standard InChI is InChI=1S/C25H22N4O/c1-17-12-19(15-28-25(17)21-10-11-26-18(2)13-21)14-24(30)29-23-9-8-22(16-27-23)20-6-4-3-5-7-20/h3-13,15-16H,14H2,1-2H3,(H,27,29,30). The molecule has 4 aromatic rings. The molecule has 3 heterocycles. The van der Waals surface area contributed by atoms with Crippen molar-refractivity contribution >= 4 is 11.7 Å². The quantitative estimate of drug-likeness (QED) is 0.517. The molecule has 0 aliphatic carbocycles. The Morgan fingerprint density at radius 2 is 1.67 bits per heavy atom. The molecule has 3 aromatic heterocycles. The number of anilines is 1. The Bertz CT molecular complexity index is 1170. The normalized spacial score (nSPS) is 10.6. The zero-order chi connectivity index (χ0) is 20.9. The van der Waals surface area contributed by atoms with Crippen LogP contribution in [0.3, 0.4) is 0 Å². The first-order valence-corrected chi connectivity index (χ1v) is 9.78. The summed E-state index contributed by atoms with van der Waals surface area (Å²) >= 11 is 0. The lowest BCUT2D eigenvalue weighted by molar-refractivity contribution is -0.115. The van der Waals surface area contributed by atoms with Crippen LogP contribution in [0.25, 0.3) is 22.4 Å². The highest BCUT2D eigenvalue weighted by atomic mass is 16.1. The maximum absolute atomic E-state index is 12.5. The number of nitrogens with zero attached hydrogens (tertiary/aromatic N) is 3. The summed E-state index contributed by atoms with van der Waals surface area (Å²) in [6.07, 6.45) is 5.54. The first-order chi connectivity index (χ1) is 14.6. The maximum atomic E-state index is 12.5. The first-order valence-electron chi connectivity index (χ1n) is 9.78. The number of aryl methyl sites for hydroxylation is 2. The highest BCUT2D eigenvalue weighted by Gasteiger charge is 2.10. The van der Waals surface area contributed by atoms with Crippen LogP contribution < -0.4 is 5.32 Å². The van der Waals surface area contributed by atoms with Crippen LogP contribution in [0.1, 0.15) is 16.8 Å². The summed E-state index contributed by atoms with van der Waals surface area (Å²) in [4.78, 5) is 25.6. The van der Waals surface area contributed by atoms with Gasteiger partial charge in [0.05, 0.1) is 12.1 Å². The Morgan fingerprint density at radius 3 is 2.37 bits per heavy atom. The molecule has 0 saturated heterocycles. The van der Waals surface area contributed by atoms with E-state index in [4.69, 9.17) is 0 Å². The predicted molar refractivity (Wildman–Crippen MR) is 119 cm³/mol. The molecular weight excluding hydrogens is 372 g/mol. The topological polar surface area (TPSA) is 67.8 Å². The number of nitrogens with one attached hydrogen (secondary N) is 1. The van der Waals surface area contributed by atoms with E-state index in [2.05, 4.69) is 20.3 Å². The van der Waals surface area contributed by atoms with Crippen LogP contribution in [0.2, 0.25) is 0 Å². The largest absolute Gasteiger partial charge is 0.310 e. The van der Waals surface area contributed by atoms with Crippen LogP contribution in [0, 0.1) is 13.8 Å². The van der Waals surface area contributed by atoms with Crippen molar-refractivity contribution < 1.29 is 4.79 Å². The van der Waals surface area contributed by atoms with Crippen LogP contribution in [0.5, 0.6) is 0 Å². The third-order valence-corrected chi connectivity index (χ3v) is 4.81. The molecule has 0 fully saturated rings. The minimum atomic E-state index is -0.122. The fourth-order valence-electron chi connectivity index (χ4n) is 3.37. The number of carbonyl (C=O) groups is 1. The molecule has 0 spiro atoms. The molecule has 0 bridgehead atoms. The zero-order valence-corrected chi connectivity index (χ0v) is 17.0. The van der Waals surface area contributed by atoms with Gasteiger partial charge in [0.1, 0.15) is 5.82 Å². The molecule has 0 saturated carbocycles. The van der Waals surface area contributed by atoms with Crippen molar-refractivity contribution in [2.24, 2.45) is 0 Å². The number of hydrogen-bond donors (Lipinski definition) is 1. The van der Waals surface area contributed by atoms with E-state index in [1.165, 1.54) is 0 Å². The van der Waals surface area contributed by atoms with Gasteiger partial charge < -0.3 is 5.32 Å². The summed E-state index contributed by atoms with van der Waals surface area (Å²) < 4.78 is 0. The molecule has 0 atom stereocenters. The Balaban J connectivity index is 1.42. The first kappa shape index (κ1) is 19.5. The number of hydrogen-bond acceptors (Lipinski definition) is 4. The lowest BCUT2D eigenvalue weighted by atomic mass is 10.0. The fraction of sp³-hybridized carbons (Fsp3) is 0.120. The Morgan fingerprint density at radius 1 is 0.833 bits per heavy atom. The van der Waals surface area contributed by atoms with Gasteiger partial charge >= 0.3 is 0 Å². The van der Waals surface area contributed by atoms with Gasteiger partial charge in [0.25, 0.3) is 0 Å². The average Bonchev–Trinajstić information content (AvgIpc) is 2.75. The van der Waals surface area contributed by atoms with Crippen LogP contribution in [0.4, 0.5) is 5.82 Å². The summed E-state index contributed by atoms with van der Waals surface area (Å²) in [7, 11) is 0. The summed E-state index contributed by atoms with van der Waals surface area (Å²) in [5.74, 6) is 0.414. The Kier molecular flexibility index (Phi) is 5.61. The van der Waals surface area contributed by atoms with Crippen molar-refractivity contribution in [3.63, 3.8) is 0 Å². The number of benzene rings is 1. The van der Waals surface area contributed by atoms with Crippen LogP contribution in [-0.4, -0.2) is 20.9 Å². The average molecular weight is 394 g/mol. The van der Waals surface area contributed by atoms with Crippen LogP contribution in [-0.2, 0) is 11.2 Å². The summed E-state index contributed by atoms with van der Waals surface area (Å²) in [5.41, 5.74) is 6.87. The number of aromatic nitrogens is 3.